The summed E-state index contributed by atoms with van der Waals surface area (Å²) >= 11 is -0.160. The van der Waals surface area contributed by atoms with Gasteiger partial charge in [0, 0.05) is 31.0 Å². The van der Waals surface area contributed by atoms with E-state index >= 15 is 0 Å². The van der Waals surface area contributed by atoms with Crippen molar-refractivity contribution in [3.05, 3.63) is 156 Å². The summed E-state index contributed by atoms with van der Waals surface area (Å²) in [5.41, 5.74) is 9.67. The van der Waals surface area contributed by atoms with Crippen LogP contribution in [0.2, 0.25) is 35.4 Å². The molecule has 7 heteroatoms. The number of fused-ring (bicyclic) bond motifs is 6. The summed E-state index contributed by atoms with van der Waals surface area (Å²) in [4.78, 5) is 9.68. The van der Waals surface area contributed by atoms with Gasteiger partial charge in [0.25, 0.3) is 0 Å². The molecule has 9 rings (SSSR count). The van der Waals surface area contributed by atoms with Gasteiger partial charge in [-0.25, -0.2) is 0 Å². The van der Waals surface area contributed by atoms with Crippen LogP contribution in [0.3, 0.4) is 0 Å². The average Bonchev–Trinajstić information content (AvgIpc) is 3.82. The van der Waals surface area contributed by atoms with Crippen molar-refractivity contribution in [3.8, 4) is 22.5 Å². The van der Waals surface area contributed by atoms with Gasteiger partial charge in [0.2, 0.25) is 0 Å². The van der Waals surface area contributed by atoms with Crippen LogP contribution in [-0.2, 0) is 26.5 Å². The number of hydrogen-bond acceptors (Lipinski definition) is 4. The van der Waals surface area contributed by atoms with Crippen LogP contribution in [0.4, 0.5) is 0 Å². The van der Waals surface area contributed by atoms with Crippen molar-refractivity contribution in [1.29, 1.82) is 0 Å². The van der Waals surface area contributed by atoms with Crippen LogP contribution in [-0.4, -0.2) is 31.3 Å². The SMILES string of the molecule is C[CH2][Ge]([CH2]C)([CH2]C)[c]1ccc(-c2[c-]ccc3c2oc2cc(Cc4ccccc4)ccc23)nc1.Cc1c[c-]c(-c2ccc([Si](C)(C)C)cn2)c2sc3ccccc3c12.[Ir]. The van der Waals surface area contributed by atoms with Gasteiger partial charge >= 0.3 is 169 Å². The fourth-order valence-electron chi connectivity index (χ4n) is 8.24. The molecule has 4 heterocycles. The van der Waals surface area contributed by atoms with Crippen molar-refractivity contribution in [2.24, 2.45) is 0 Å². The fraction of sp³-hybridized carbons (Fsp3) is 0.216. The van der Waals surface area contributed by atoms with E-state index in [-0.39, 0.29) is 20.1 Å². The van der Waals surface area contributed by atoms with Crippen LogP contribution in [0, 0.1) is 19.1 Å². The van der Waals surface area contributed by atoms with Crippen LogP contribution >= 0.6 is 11.3 Å². The Morgan fingerprint density at radius 3 is 2.09 bits per heavy atom. The third kappa shape index (κ3) is 8.19. The molecule has 3 nitrogen and oxygen atoms in total. The van der Waals surface area contributed by atoms with Crippen LogP contribution in [0.15, 0.2) is 132 Å². The topological polar surface area (TPSA) is 38.9 Å². The van der Waals surface area contributed by atoms with E-state index in [0.29, 0.717) is 0 Å². The molecule has 0 amide bonds. The second-order valence-corrected chi connectivity index (χ2v) is 33.5. The van der Waals surface area contributed by atoms with Gasteiger partial charge < -0.3 is 4.98 Å². The largest absolute Gasteiger partial charge is 0.305 e. The van der Waals surface area contributed by atoms with Gasteiger partial charge in [-0.15, -0.1) is 23.3 Å². The van der Waals surface area contributed by atoms with Gasteiger partial charge in [0.1, 0.15) is 0 Å². The summed E-state index contributed by atoms with van der Waals surface area (Å²) in [7, 11) is -1.32. The third-order valence-corrected chi connectivity index (χ3v) is 26.9. The van der Waals surface area contributed by atoms with Crippen molar-refractivity contribution < 1.29 is 24.5 Å². The third-order valence-electron chi connectivity index (χ3n) is 11.9. The Kier molecular flexibility index (Phi) is 12.7. The monoisotopic (exact) mass is 1030 g/mol. The molecule has 5 aromatic carbocycles. The molecule has 1 radical (unpaired) electrons. The van der Waals surface area contributed by atoms with E-state index in [1.165, 1.54) is 62.2 Å². The molecule has 9 aromatic rings. The zero-order chi connectivity index (χ0) is 39.7. The van der Waals surface area contributed by atoms with Crippen LogP contribution in [0.5, 0.6) is 0 Å². The van der Waals surface area contributed by atoms with E-state index in [1.54, 1.807) is 0 Å². The zero-order valence-corrected chi connectivity index (χ0v) is 40.8. The minimum atomic E-state index is -2.00. The molecule has 0 spiro atoms. The summed E-state index contributed by atoms with van der Waals surface area (Å²) in [6.45, 7) is 16.3. The first-order valence-electron chi connectivity index (χ1n) is 20.3. The quantitative estimate of drug-likeness (QED) is 0.107. The van der Waals surface area contributed by atoms with Crippen LogP contribution in [0.25, 0.3) is 64.6 Å². The van der Waals surface area contributed by atoms with Crippen LogP contribution in [0.1, 0.15) is 37.5 Å². The summed E-state index contributed by atoms with van der Waals surface area (Å²) < 4.78 is 10.6. The van der Waals surface area contributed by atoms with Crippen molar-refractivity contribution in [3.63, 3.8) is 0 Å². The average molecular weight is 1030 g/mol. The number of hydrogen-bond donors (Lipinski definition) is 0. The summed E-state index contributed by atoms with van der Waals surface area (Å²) in [5, 5.41) is 10.3. The molecule has 295 valence electrons. The minimum absolute atomic E-state index is 0. The van der Waals surface area contributed by atoms with Gasteiger partial charge in [-0.05, 0) is 27.0 Å². The van der Waals surface area contributed by atoms with Crippen LogP contribution < -0.4 is 9.58 Å². The number of benzene rings is 5. The number of rotatable bonds is 9. The van der Waals surface area contributed by atoms with Gasteiger partial charge in [0.15, 0.2) is 0 Å². The molecule has 0 aliphatic rings. The number of nitrogens with zero attached hydrogens (tertiary/aromatic N) is 2. The molecule has 0 atom stereocenters. The molecule has 0 saturated heterocycles. The standard InChI is InChI=1S/C30H30GeNO.C21H20NSSi.Ir/c1-4-31(5-2,6-3)24-16-18-28(32-21-24)27-14-10-13-26-25-17-15-23(20-29(25)33-30(26)27)19-22-11-8-7-9-12-22;1-14-9-11-16(18-12-10-15(13-22-18)24(2,3)4)21-20(14)17-7-5-6-8-19(17)23-21;/h7-13,15-18,20-21H,4-6,19H2,1-3H3;5-10,12-13H,1-4H3;/q2*-1;. The second-order valence-electron chi connectivity index (χ2n) is 16.3. The molecule has 0 saturated carbocycles. The van der Waals surface area contributed by atoms with Gasteiger partial charge in [-0.1, -0.05) is 92.6 Å². The smallest absolute Gasteiger partial charge is 0.0795 e. The normalized spacial score (nSPS) is 11.8. The maximum Gasteiger partial charge on any atom is 0.0795 e. The van der Waals surface area contributed by atoms with E-state index in [1.807, 2.05) is 17.4 Å². The number of aryl methyl sites for hydroxylation is 1. The number of pyridine rings is 2. The van der Waals surface area contributed by atoms with Crippen molar-refractivity contribution in [2.75, 3.05) is 0 Å². The summed E-state index contributed by atoms with van der Waals surface area (Å²) in [5.74, 6) is 0. The Morgan fingerprint density at radius 1 is 0.690 bits per heavy atom. The first-order valence-corrected chi connectivity index (χ1v) is 30.1. The van der Waals surface area contributed by atoms with Crippen molar-refractivity contribution in [1.82, 2.24) is 9.97 Å². The van der Waals surface area contributed by atoms with E-state index in [0.717, 1.165) is 50.9 Å². The maximum atomic E-state index is 6.42. The maximum absolute atomic E-state index is 6.42. The van der Waals surface area contributed by atoms with E-state index in [2.05, 4.69) is 181 Å². The first-order chi connectivity index (χ1) is 27.6. The van der Waals surface area contributed by atoms with E-state index in [4.69, 9.17) is 14.4 Å². The second kappa shape index (κ2) is 17.6. The zero-order valence-electron chi connectivity index (χ0n) is 34.5. The Hall–Kier alpha value is -4.17. The van der Waals surface area contributed by atoms with Crippen molar-refractivity contribution >= 4 is 84.4 Å². The molecule has 0 bridgehead atoms. The Morgan fingerprint density at radius 2 is 1.40 bits per heavy atom. The molecule has 0 N–H and O–H groups in total. The molecule has 4 aromatic heterocycles. The fourth-order valence-corrected chi connectivity index (χ4v) is 17.9. The molecule has 58 heavy (non-hydrogen) atoms. The summed E-state index contributed by atoms with van der Waals surface area (Å²) in [6.07, 6.45) is 5.10. The molecule has 0 fully saturated rings. The number of aromatic nitrogens is 2. The van der Waals surface area contributed by atoms with Gasteiger partial charge in [-0.3, -0.25) is 0 Å². The number of thiophene rings is 1. The number of furan rings is 1. The van der Waals surface area contributed by atoms with E-state index in [9.17, 15) is 0 Å². The Balaban J connectivity index is 0.000000182. The Bertz CT molecular complexity index is 2810. The molecule has 0 aliphatic heterocycles. The van der Waals surface area contributed by atoms with Crippen molar-refractivity contribution in [2.45, 2.75) is 69.5 Å². The molecular weight excluding hydrogens is 982 g/mol. The molecule has 0 unspecified atom stereocenters. The predicted octanol–water partition coefficient (Wildman–Crippen LogP) is 13.5. The molecule has 0 aliphatic carbocycles. The van der Waals surface area contributed by atoms with E-state index < -0.39 is 21.3 Å². The van der Waals surface area contributed by atoms with Gasteiger partial charge in [-0.2, -0.15) is 11.3 Å². The molecular formula is C51H50GeIrN2OSSi-2. The summed E-state index contributed by atoms with van der Waals surface area (Å²) in [6, 6.07) is 47.8. The predicted molar refractivity (Wildman–Crippen MR) is 251 cm³/mol. The van der Waals surface area contributed by atoms with Gasteiger partial charge in [0.05, 0.1) is 8.07 Å². The minimum Gasteiger partial charge on any atom is -0.305 e. The Labute approximate surface area is 364 Å². The first kappa shape index (κ1) is 42.0.